The molecule has 0 bridgehead atoms. The van der Waals surface area contributed by atoms with Gasteiger partial charge < -0.3 is 20.2 Å². The normalized spacial score (nSPS) is 14.2. The highest BCUT2D eigenvalue weighted by Crippen LogP contribution is 2.32. The minimum Gasteiger partial charge on any atom is -0.465 e. The Kier molecular flexibility index (Phi) is 6.61. The third-order valence-corrected chi connectivity index (χ3v) is 7.08. The molecule has 1 fully saturated rings. The van der Waals surface area contributed by atoms with Gasteiger partial charge in [0.2, 0.25) is 5.95 Å². The summed E-state index contributed by atoms with van der Waals surface area (Å²) in [5.74, 6) is 0.277. The number of nitrogens with zero attached hydrogens (tertiary/aromatic N) is 7. The Bertz CT molecular complexity index is 1390. The van der Waals surface area contributed by atoms with Crippen molar-refractivity contribution in [2.24, 2.45) is 0 Å². The molecule has 0 unspecified atom stereocenters. The molecule has 0 aliphatic carbocycles. The van der Waals surface area contributed by atoms with E-state index in [0.29, 0.717) is 44.1 Å². The fourth-order valence-corrected chi connectivity index (χ4v) is 4.87. The second kappa shape index (κ2) is 9.99. The Morgan fingerprint density at radius 3 is 2.61 bits per heavy atom. The minimum absolute atomic E-state index is 0.200. The molecule has 1 aromatic carbocycles. The molecular weight excluding hydrogens is 483 g/mol. The van der Waals surface area contributed by atoms with Crippen LogP contribution in [0, 0.1) is 5.82 Å². The molecule has 1 saturated heterocycles. The molecule has 5 rings (SSSR count). The fourth-order valence-electron chi connectivity index (χ4n) is 3.94. The zero-order valence-electron chi connectivity index (χ0n) is 19.8. The maximum atomic E-state index is 14.6. The maximum absolute atomic E-state index is 14.6. The van der Waals surface area contributed by atoms with E-state index < -0.39 is 11.9 Å². The van der Waals surface area contributed by atoms with Crippen molar-refractivity contribution in [3.8, 4) is 11.3 Å². The molecule has 1 aliphatic rings. The number of amides is 1. The first-order valence-corrected chi connectivity index (χ1v) is 12.2. The number of aromatic nitrogens is 4. The van der Waals surface area contributed by atoms with E-state index in [-0.39, 0.29) is 11.6 Å². The van der Waals surface area contributed by atoms with Crippen LogP contribution < -0.4 is 10.2 Å². The maximum Gasteiger partial charge on any atom is 0.407 e. The van der Waals surface area contributed by atoms with Gasteiger partial charge in [-0.1, -0.05) is 23.5 Å². The van der Waals surface area contributed by atoms with Crippen molar-refractivity contribution in [2.75, 3.05) is 50.5 Å². The molecule has 186 valence electrons. The largest absolute Gasteiger partial charge is 0.465 e. The van der Waals surface area contributed by atoms with Crippen LogP contribution in [0.5, 0.6) is 0 Å². The molecule has 12 heteroatoms. The van der Waals surface area contributed by atoms with E-state index in [0.717, 1.165) is 27.1 Å². The second-order valence-electron chi connectivity index (χ2n) is 8.69. The van der Waals surface area contributed by atoms with Gasteiger partial charge in [-0.15, -0.1) is 0 Å². The average Bonchev–Trinajstić information content (AvgIpc) is 3.31. The number of anilines is 3. The number of pyridine rings is 1. The van der Waals surface area contributed by atoms with Gasteiger partial charge in [0.25, 0.3) is 0 Å². The number of benzene rings is 1. The van der Waals surface area contributed by atoms with Crippen LogP contribution in [0.2, 0.25) is 0 Å². The van der Waals surface area contributed by atoms with Crippen molar-refractivity contribution in [3.63, 3.8) is 0 Å². The lowest BCUT2D eigenvalue weighted by Crippen LogP contribution is -2.47. The van der Waals surface area contributed by atoms with Crippen molar-refractivity contribution in [1.29, 1.82) is 0 Å². The molecule has 0 spiro atoms. The van der Waals surface area contributed by atoms with Crippen LogP contribution in [0.25, 0.3) is 21.5 Å². The molecule has 36 heavy (non-hydrogen) atoms. The summed E-state index contributed by atoms with van der Waals surface area (Å²) in [7, 11) is 3.87. The summed E-state index contributed by atoms with van der Waals surface area (Å²) in [6, 6.07) is 9.33. The lowest BCUT2D eigenvalue weighted by molar-refractivity contribution is 0.103. The summed E-state index contributed by atoms with van der Waals surface area (Å²) in [5.41, 5.74) is 2.71. The Morgan fingerprint density at radius 1 is 1.11 bits per heavy atom. The number of carbonyl (C=O) groups is 1. The summed E-state index contributed by atoms with van der Waals surface area (Å²) in [6.07, 6.45) is 2.04. The van der Waals surface area contributed by atoms with Gasteiger partial charge in [-0.05, 0) is 23.8 Å². The van der Waals surface area contributed by atoms with Crippen LogP contribution in [-0.4, -0.2) is 81.2 Å². The van der Waals surface area contributed by atoms with Crippen LogP contribution in [-0.2, 0) is 6.54 Å². The van der Waals surface area contributed by atoms with Gasteiger partial charge in [0.1, 0.15) is 11.5 Å². The number of hydrogen-bond donors (Lipinski definition) is 2. The zero-order valence-corrected chi connectivity index (χ0v) is 20.7. The topological polar surface area (TPSA) is 111 Å². The molecule has 3 aromatic heterocycles. The number of carboxylic acid groups (broad SMARTS) is 1. The summed E-state index contributed by atoms with van der Waals surface area (Å²) in [6.45, 7) is 3.05. The van der Waals surface area contributed by atoms with E-state index in [1.165, 1.54) is 16.2 Å². The molecule has 0 atom stereocenters. The Balaban J connectivity index is 1.27. The van der Waals surface area contributed by atoms with E-state index >= 15 is 0 Å². The van der Waals surface area contributed by atoms with E-state index in [2.05, 4.69) is 30.2 Å². The molecule has 1 aliphatic heterocycles. The number of piperazine rings is 1. The quantitative estimate of drug-likeness (QED) is 0.401. The van der Waals surface area contributed by atoms with Gasteiger partial charge in [0, 0.05) is 58.6 Å². The van der Waals surface area contributed by atoms with Crippen molar-refractivity contribution < 1.29 is 14.3 Å². The monoisotopic (exact) mass is 508 g/mol. The second-order valence-corrected chi connectivity index (χ2v) is 9.70. The molecule has 4 heterocycles. The van der Waals surface area contributed by atoms with E-state index in [4.69, 9.17) is 5.11 Å². The Hall–Kier alpha value is -3.90. The smallest absolute Gasteiger partial charge is 0.407 e. The SMILES string of the molecule is CN(C)c1nc2ccc(-c3nc(Nc4ccc(CN5CCN(C(=O)O)CC5)cn4)ncc3F)cc2s1. The third-order valence-electron chi connectivity index (χ3n) is 5.89. The van der Waals surface area contributed by atoms with Crippen LogP contribution >= 0.6 is 11.3 Å². The zero-order chi connectivity index (χ0) is 25.2. The predicted molar refractivity (Wildman–Crippen MR) is 137 cm³/mol. The van der Waals surface area contributed by atoms with Crippen molar-refractivity contribution in [3.05, 3.63) is 54.1 Å². The molecule has 10 nitrogen and oxygen atoms in total. The molecular formula is C24H25FN8O2S. The Labute approximate surface area is 211 Å². The van der Waals surface area contributed by atoms with Crippen molar-refractivity contribution in [2.45, 2.75) is 6.54 Å². The molecule has 4 aromatic rings. The third kappa shape index (κ3) is 5.19. The van der Waals surface area contributed by atoms with Gasteiger partial charge in [0.05, 0.1) is 16.4 Å². The van der Waals surface area contributed by atoms with Gasteiger partial charge in [0.15, 0.2) is 10.9 Å². The Morgan fingerprint density at radius 2 is 1.92 bits per heavy atom. The summed E-state index contributed by atoms with van der Waals surface area (Å²) >= 11 is 1.53. The summed E-state index contributed by atoms with van der Waals surface area (Å²) in [4.78, 5) is 34.1. The molecule has 0 saturated carbocycles. The predicted octanol–water partition coefficient (Wildman–Crippen LogP) is 3.89. The van der Waals surface area contributed by atoms with E-state index in [1.54, 1.807) is 12.3 Å². The number of halogens is 1. The summed E-state index contributed by atoms with van der Waals surface area (Å²) in [5, 5.41) is 13.0. The van der Waals surface area contributed by atoms with E-state index in [9.17, 15) is 9.18 Å². The number of hydrogen-bond acceptors (Lipinski definition) is 9. The van der Waals surface area contributed by atoms with Gasteiger partial charge >= 0.3 is 6.09 Å². The fraction of sp³-hybridized carbons (Fsp3) is 0.292. The number of thiazole rings is 1. The molecule has 0 radical (unpaired) electrons. The van der Waals surface area contributed by atoms with Crippen molar-refractivity contribution in [1.82, 2.24) is 29.7 Å². The highest BCUT2D eigenvalue weighted by atomic mass is 32.1. The van der Waals surface area contributed by atoms with Crippen LogP contribution in [0.3, 0.4) is 0 Å². The van der Waals surface area contributed by atoms with Gasteiger partial charge in [-0.2, -0.15) is 0 Å². The first-order valence-electron chi connectivity index (χ1n) is 11.4. The number of rotatable bonds is 6. The average molecular weight is 509 g/mol. The van der Waals surface area contributed by atoms with E-state index in [1.807, 2.05) is 43.3 Å². The van der Waals surface area contributed by atoms with Crippen LogP contribution in [0.4, 0.5) is 26.1 Å². The number of nitrogens with one attached hydrogen (secondary N) is 1. The lowest BCUT2D eigenvalue weighted by Gasteiger charge is -2.32. The standard InChI is InChI=1S/C24H25FN8O2S/c1-31(2)23-28-18-5-4-16(11-19(18)36-23)21-17(25)13-27-22(30-21)29-20-6-3-15(12-26-20)14-32-7-9-33(10-8-32)24(34)35/h3-6,11-13H,7-10,14H2,1-2H3,(H,34,35)(H,26,27,29,30). The molecule has 2 N–H and O–H groups in total. The highest BCUT2D eigenvalue weighted by molar-refractivity contribution is 7.22. The number of fused-ring (bicyclic) bond motifs is 1. The first-order chi connectivity index (χ1) is 17.4. The minimum atomic E-state index is -0.875. The van der Waals surface area contributed by atoms with Crippen LogP contribution in [0.15, 0.2) is 42.7 Å². The highest BCUT2D eigenvalue weighted by Gasteiger charge is 2.20. The van der Waals surface area contributed by atoms with Crippen LogP contribution in [0.1, 0.15) is 5.56 Å². The first kappa shape index (κ1) is 23.8. The van der Waals surface area contributed by atoms with Gasteiger partial charge in [-0.3, -0.25) is 4.90 Å². The summed E-state index contributed by atoms with van der Waals surface area (Å²) < 4.78 is 15.6. The van der Waals surface area contributed by atoms with Gasteiger partial charge in [-0.25, -0.2) is 29.1 Å². The lowest BCUT2D eigenvalue weighted by atomic mass is 10.1. The van der Waals surface area contributed by atoms with Crippen molar-refractivity contribution >= 4 is 44.5 Å². The molecule has 1 amide bonds.